The van der Waals surface area contributed by atoms with E-state index in [-0.39, 0.29) is 6.61 Å². The van der Waals surface area contributed by atoms with Crippen LogP contribution < -0.4 is 10.1 Å². The van der Waals surface area contributed by atoms with Gasteiger partial charge >= 0.3 is 6.18 Å². The molecule has 0 saturated heterocycles. The molecule has 1 rings (SSSR count). The van der Waals surface area contributed by atoms with Crippen LogP contribution in [-0.4, -0.2) is 18.8 Å². The number of terminal acetylenes is 1. The van der Waals surface area contributed by atoms with Crippen molar-refractivity contribution in [1.82, 2.24) is 5.32 Å². The van der Waals surface area contributed by atoms with Gasteiger partial charge in [-0.3, -0.25) is 0 Å². The van der Waals surface area contributed by atoms with Crippen molar-refractivity contribution in [3.8, 4) is 18.1 Å². The Bertz CT molecular complexity index is 437. The van der Waals surface area contributed by atoms with E-state index < -0.39 is 18.6 Å². The summed E-state index contributed by atoms with van der Waals surface area (Å²) in [5, 5.41) is 2.82. The molecule has 2 nitrogen and oxygen atoms in total. The Morgan fingerprint density at radius 3 is 2.68 bits per heavy atom. The summed E-state index contributed by atoms with van der Waals surface area (Å²) in [6.07, 6.45) is 0.0808. The van der Waals surface area contributed by atoms with Crippen molar-refractivity contribution >= 4 is 0 Å². The summed E-state index contributed by atoms with van der Waals surface area (Å²) in [7, 11) is 0. The fraction of sp³-hybridized carbons (Fsp3) is 0.429. The molecular formula is C14H16F3NO. The largest absolute Gasteiger partial charge is 0.481 e. The van der Waals surface area contributed by atoms with Gasteiger partial charge in [0.1, 0.15) is 12.4 Å². The van der Waals surface area contributed by atoms with Gasteiger partial charge in [0.25, 0.3) is 0 Å². The molecule has 104 valence electrons. The van der Waals surface area contributed by atoms with Gasteiger partial charge in [-0.15, -0.1) is 6.42 Å². The van der Waals surface area contributed by atoms with E-state index in [1.165, 1.54) is 6.92 Å². The molecule has 1 aromatic carbocycles. The number of halogens is 3. The summed E-state index contributed by atoms with van der Waals surface area (Å²) in [6.45, 7) is 1.94. The van der Waals surface area contributed by atoms with Crippen LogP contribution in [0, 0.1) is 12.3 Å². The van der Waals surface area contributed by atoms with Crippen molar-refractivity contribution < 1.29 is 17.9 Å². The lowest BCUT2D eigenvalue weighted by Crippen LogP contribution is -2.30. The van der Waals surface area contributed by atoms with Gasteiger partial charge in [-0.05, 0) is 13.0 Å². The number of rotatable bonds is 6. The molecule has 0 aliphatic heterocycles. The van der Waals surface area contributed by atoms with Gasteiger partial charge in [0, 0.05) is 18.2 Å². The van der Waals surface area contributed by atoms with Crippen LogP contribution in [0.15, 0.2) is 24.3 Å². The molecule has 0 amide bonds. The number of nitrogens with one attached hydrogen (secondary N) is 1. The van der Waals surface area contributed by atoms with Crippen molar-refractivity contribution in [2.75, 3.05) is 6.61 Å². The van der Waals surface area contributed by atoms with Crippen LogP contribution in [0.2, 0.25) is 0 Å². The number of hydrogen-bond acceptors (Lipinski definition) is 2. The SMILES string of the molecule is C#CCOc1ccccc1CNC(C)CC(F)(F)F. The zero-order valence-electron chi connectivity index (χ0n) is 10.6. The van der Waals surface area contributed by atoms with Crippen molar-refractivity contribution in [1.29, 1.82) is 0 Å². The molecular weight excluding hydrogens is 255 g/mol. The number of ether oxygens (including phenoxy) is 1. The van der Waals surface area contributed by atoms with Crippen LogP contribution in [0.4, 0.5) is 13.2 Å². The van der Waals surface area contributed by atoms with Gasteiger partial charge < -0.3 is 10.1 Å². The summed E-state index contributed by atoms with van der Waals surface area (Å²) >= 11 is 0. The second-order valence-corrected chi connectivity index (χ2v) is 4.20. The van der Waals surface area contributed by atoms with E-state index in [9.17, 15) is 13.2 Å². The van der Waals surface area contributed by atoms with Crippen molar-refractivity contribution in [3.63, 3.8) is 0 Å². The minimum absolute atomic E-state index is 0.134. The highest BCUT2D eigenvalue weighted by molar-refractivity contribution is 5.33. The van der Waals surface area contributed by atoms with E-state index in [4.69, 9.17) is 11.2 Å². The third kappa shape index (κ3) is 6.16. The maximum atomic E-state index is 12.2. The molecule has 0 aromatic heterocycles. The van der Waals surface area contributed by atoms with Crippen LogP contribution in [0.3, 0.4) is 0 Å². The normalized spacial score (nSPS) is 12.8. The Morgan fingerprint density at radius 1 is 1.37 bits per heavy atom. The van der Waals surface area contributed by atoms with E-state index in [1.807, 2.05) is 0 Å². The van der Waals surface area contributed by atoms with Crippen LogP contribution in [0.25, 0.3) is 0 Å². The Morgan fingerprint density at radius 2 is 2.05 bits per heavy atom. The first-order chi connectivity index (χ1) is 8.92. The molecule has 1 unspecified atom stereocenters. The molecule has 0 aliphatic rings. The summed E-state index contributed by atoms with van der Waals surface area (Å²) in [4.78, 5) is 0. The molecule has 0 radical (unpaired) electrons. The van der Waals surface area contributed by atoms with E-state index in [1.54, 1.807) is 24.3 Å². The van der Waals surface area contributed by atoms with Crippen molar-refractivity contribution in [2.24, 2.45) is 0 Å². The average molecular weight is 271 g/mol. The monoisotopic (exact) mass is 271 g/mol. The minimum Gasteiger partial charge on any atom is -0.481 e. The fourth-order valence-corrected chi connectivity index (χ4v) is 1.61. The van der Waals surface area contributed by atoms with Crippen LogP contribution in [0.1, 0.15) is 18.9 Å². The molecule has 0 fully saturated rings. The fourth-order valence-electron chi connectivity index (χ4n) is 1.61. The molecule has 0 spiro atoms. The molecule has 1 atom stereocenters. The predicted molar refractivity (Wildman–Crippen MR) is 67.7 cm³/mol. The van der Waals surface area contributed by atoms with Gasteiger partial charge in [-0.1, -0.05) is 24.1 Å². The molecule has 5 heteroatoms. The van der Waals surface area contributed by atoms with Crippen molar-refractivity contribution in [3.05, 3.63) is 29.8 Å². The molecule has 1 aromatic rings. The summed E-state index contributed by atoms with van der Waals surface area (Å²) in [6, 6.07) is 6.46. The predicted octanol–water partition coefficient (Wildman–Crippen LogP) is 3.13. The topological polar surface area (TPSA) is 21.3 Å². The molecule has 19 heavy (non-hydrogen) atoms. The van der Waals surface area contributed by atoms with Gasteiger partial charge in [-0.2, -0.15) is 13.2 Å². The number of benzene rings is 1. The quantitative estimate of drug-likeness (QED) is 0.803. The van der Waals surface area contributed by atoms with E-state index in [0.717, 1.165) is 5.56 Å². The van der Waals surface area contributed by atoms with Gasteiger partial charge in [0.05, 0.1) is 6.42 Å². The molecule has 0 bridgehead atoms. The highest BCUT2D eigenvalue weighted by Crippen LogP contribution is 2.22. The summed E-state index contributed by atoms with van der Waals surface area (Å²) in [5.74, 6) is 2.94. The number of hydrogen-bond donors (Lipinski definition) is 1. The summed E-state index contributed by atoms with van der Waals surface area (Å²) < 4.78 is 41.9. The first kappa shape index (κ1) is 15.4. The second-order valence-electron chi connectivity index (χ2n) is 4.20. The molecule has 1 N–H and O–H groups in total. The third-order valence-electron chi connectivity index (χ3n) is 2.46. The highest BCUT2D eigenvalue weighted by atomic mass is 19.4. The Hall–Kier alpha value is -1.67. The standard InChI is InChI=1S/C14H16F3NO/c1-3-8-19-13-7-5-4-6-12(13)10-18-11(2)9-14(15,16)17/h1,4-7,11,18H,8-10H2,2H3. The van der Waals surface area contributed by atoms with Crippen molar-refractivity contribution in [2.45, 2.75) is 32.1 Å². The minimum atomic E-state index is -4.16. The third-order valence-corrected chi connectivity index (χ3v) is 2.46. The summed E-state index contributed by atoms with van der Waals surface area (Å²) in [5.41, 5.74) is 0.784. The molecule has 0 saturated carbocycles. The Labute approximate surface area is 111 Å². The van der Waals surface area contributed by atoms with E-state index in [2.05, 4.69) is 11.2 Å². The Balaban J connectivity index is 2.55. The van der Waals surface area contributed by atoms with Crippen LogP contribution in [0.5, 0.6) is 5.75 Å². The second kappa shape index (κ2) is 7.05. The van der Waals surface area contributed by atoms with Gasteiger partial charge in [-0.25, -0.2) is 0 Å². The van der Waals surface area contributed by atoms with E-state index >= 15 is 0 Å². The van der Waals surface area contributed by atoms with Crippen LogP contribution in [-0.2, 0) is 6.54 Å². The lowest BCUT2D eigenvalue weighted by atomic mass is 10.1. The lowest BCUT2D eigenvalue weighted by Gasteiger charge is -2.17. The highest BCUT2D eigenvalue weighted by Gasteiger charge is 2.29. The smallest absolute Gasteiger partial charge is 0.390 e. The Kier molecular flexibility index (Phi) is 5.71. The lowest BCUT2D eigenvalue weighted by molar-refractivity contribution is -0.139. The molecule has 0 heterocycles. The maximum absolute atomic E-state index is 12.2. The van der Waals surface area contributed by atoms with Crippen LogP contribution >= 0.6 is 0 Å². The molecule has 0 aliphatic carbocycles. The number of para-hydroxylation sites is 1. The zero-order valence-corrected chi connectivity index (χ0v) is 10.6. The van der Waals surface area contributed by atoms with Gasteiger partial charge in [0.15, 0.2) is 0 Å². The van der Waals surface area contributed by atoms with E-state index in [0.29, 0.717) is 12.3 Å². The zero-order chi connectivity index (χ0) is 14.3. The first-order valence-corrected chi connectivity index (χ1v) is 5.86. The first-order valence-electron chi connectivity index (χ1n) is 5.86. The average Bonchev–Trinajstić information content (AvgIpc) is 2.32. The number of alkyl halides is 3. The maximum Gasteiger partial charge on any atom is 0.390 e. The van der Waals surface area contributed by atoms with Gasteiger partial charge in [0.2, 0.25) is 0 Å².